The Kier molecular flexibility index (Phi) is 7.21. The normalized spacial score (nSPS) is 16.8. The van der Waals surface area contributed by atoms with Crippen LogP contribution in [0.2, 0.25) is 5.02 Å². The minimum atomic E-state index is -3.73. The number of halogens is 1. The minimum Gasteiger partial charge on any atom is -0.385 e. The summed E-state index contributed by atoms with van der Waals surface area (Å²) >= 11 is 6.11. The molecule has 9 heteroatoms. The third-order valence-corrected chi connectivity index (χ3v) is 6.46. The minimum absolute atomic E-state index is 0.0248. The van der Waals surface area contributed by atoms with Gasteiger partial charge in [-0.1, -0.05) is 11.6 Å². The van der Waals surface area contributed by atoms with E-state index >= 15 is 0 Å². The van der Waals surface area contributed by atoms with Crippen molar-refractivity contribution >= 4 is 27.5 Å². The highest BCUT2D eigenvalue weighted by atomic mass is 35.5. The lowest BCUT2D eigenvalue weighted by Crippen LogP contribution is -2.47. The molecule has 1 aliphatic rings. The number of rotatable bonds is 7. The predicted octanol–water partition coefficient (Wildman–Crippen LogP) is 1.04. The molecule has 140 valence electrons. The Hall–Kier alpha value is -1.19. The van der Waals surface area contributed by atoms with Gasteiger partial charge in [0.15, 0.2) is 0 Å². The van der Waals surface area contributed by atoms with Crippen LogP contribution in [0, 0.1) is 0 Å². The first-order valence-electron chi connectivity index (χ1n) is 8.11. The van der Waals surface area contributed by atoms with E-state index in [1.165, 1.54) is 22.5 Å². The van der Waals surface area contributed by atoms with Gasteiger partial charge in [-0.2, -0.15) is 4.31 Å². The van der Waals surface area contributed by atoms with Crippen molar-refractivity contribution in [1.29, 1.82) is 0 Å². The monoisotopic (exact) mass is 389 g/mol. The number of likely N-dealkylation sites (N-methyl/N-ethyl adjacent to an activating group) is 1. The molecular formula is C16H24ClN3O4S. The summed E-state index contributed by atoms with van der Waals surface area (Å²) in [6, 6.07) is 4.33. The van der Waals surface area contributed by atoms with Crippen molar-refractivity contribution in [2.45, 2.75) is 11.3 Å². The number of hydrogen-bond acceptors (Lipinski definition) is 5. The summed E-state index contributed by atoms with van der Waals surface area (Å²) in [7, 11) is -0.183. The average Bonchev–Trinajstić information content (AvgIpc) is 2.59. The number of nitrogens with zero attached hydrogens (tertiary/aromatic N) is 2. The number of benzene rings is 1. The van der Waals surface area contributed by atoms with E-state index in [-0.39, 0.29) is 21.4 Å². The van der Waals surface area contributed by atoms with Gasteiger partial charge in [-0.3, -0.25) is 4.79 Å². The Morgan fingerprint density at radius 1 is 1.28 bits per heavy atom. The topological polar surface area (TPSA) is 78.9 Å². The van der Waals surface area contributed by atoms with Gasteiger partial charge in [-0.15, -0.1) is 0 Å². The van der Waals surface area contributed by atoms with Crippen molar-refractivity contribution in [2.75, 3.05) is 53.5 Å². The highest BCUT2D eigenvalue weighted by molar-refractivity contribution is 7.89. The van der Waals surface area contributed by atoms with Gasteiger partial charge in [-0.25, -0.2) is 8.42 Å². The van der Waals surface area contributed by atoms with Crippen LogP contribution in [-0.4, -0.2) is 77.0 Å². The van der Waals surface area contributed by atoms with Crippen molar-refractivity contribution in [3.8, 4) is 0 Å². The van der Waals surface area contributed by atoms with Gasteiger partial charge in [0.25, 0.3) is 5.91 Å². The second-order valence-electron chi connectivity index (χ2n) is 5.95. The molecule has 0 saturated carbocycles. The fourth-order valence-electron chi connectivity index (χ4n) is 2.53. The van der Waals surface area contributed by atoms with E-state index < -0.39 is 10.0 Å². The number of nitrogens with one attached hydrogen (secondary N) is 1. The molecule has 1 aliphatic heterocycles. The van der Waals surface area contributed by atoms with Gasteiger partial charge >= 0.3 is 0 Å². The Labute approximate surface area is 153 Å². The first-order chi connectivity index (χ1) is 11.9. The number of piperazine rings is 1. The summed E-state index contributed by atoms with van der Waals surface area (Å²) in [6.45, 7) is 3.14. The number of amides is 1. The molecule has 0 unspecified atom stereocenters. The summed E-state index contributed by atoms with van der Waals surface area (Å²) in [4.78, 5) is 14.2. The predicted molar refractivity (Wildman–Crippen MR) is 96.5 cm³/mol. The lowest BCUT2D eigenvalue weighted by atomic mass is 10.2. The first-order valence-corrected chi connectivity index (χ1v) is 9.93. The van der Waals surface area contributed by atoms with Gasteiger partial charge < -0.3 is 15.0 Å². The second-order valence-corrected chi connectivity index (χ2v) is 8.27. The van der Waals surface area contributed by atoms with Crippen molar-refractivity contribution in [3.05, 3.63) is 28.8 Å². The van der Waals surface area contributed by atoms with E-state index in [1.807, 2.05) is 7.05 Å². The van der Waals surface area contributed by atoms with E-state index in [4.69, 9.17) is 16.3 Å². The Morgan fingerprint density at radius 2 is 1.96 bits per heavy atom. The molecule has 1 fully saturated rings. The molecule has 1 aromatic rings. The molecule has 1 heterocycles. The third kappa shape index (κ3) is 5.15. The fraction of sp³-hybridized carbons (Fsp3) is 0.562. The lowest BCUT2D eigenvalue weighted by molar-refractivity contribution is 0.0948. The zero-order valence-electron chi connectivity index (χ0n) is 14.5. The first kappa shape index (κ1) is 20.1. The van der Waals surface area contributed by atoms with Gasteiger partial charge in [0.05, 0.1) is 5.02 Å². The molecule has 0 bridgehead atoms. The van der Waals surface area contributed by atoms with Crippen LogP contribution in [0.15, 0.2) is 23.1 Å². The average molecular weight is 390 g/mol. The maximum Gasteiger partial charge on any atom is 0.251 e. The van der Waals surface area contributed by atoms with E-state index in [9.17, 15) is 13.2 Å². The molecule has 2 rings (SSSR count). The van der Waals surface area contributed by atoms with Crippen LogP contribution in [0.3, 0.4) is 0 Å². The SMILES string of the molecule is COCCCNC(=O)c1ccc(Cl)c(S(=O)(=O)N2CCN(C)CC2)c1. The highest BCUT2D eigenvalue weighted by Crippen LogP contribution is 2.26. The Morgan fingerprint density at radius 3 is 2.60 bits per heavy atom. The van der Waals surface area contributed by atoms with E-state index in [0.29, 0.717) is 45.8 Å². The highest BCUT2D eigenvalue weighted by Gasteiger charge is 2.29. The second kappa shape index (κ2) is 8.95. The van der Waals surface area contributed by atoms with Crippen molar-refractivity contribution in [1.82, 2.24) is 14.5 Å². The fourth-order valence-corrected chi connectivity index (χ4v) is 4.45. The van der Waals surface area contributed by atoms with Crippen molar-refractivity contribution in [2.24, 2.45) is 0 Å². The van der Waals surface area contributed by atoms with Crippen LogP contribution >= 0.6 is 11.6 Å². The van der Waals surface area contributed by atoms with Crippen molar-refractivity contribution < 1.29 is 17.9 Å². The number of sulfonamides is 1. The van der Waals surface area contributed by atoms with E-state index in [0.717, 1.165) is 0 Å². The number of hydrogen-bond donors (Lipinski definition) is 1. The molecule has 25 heavy (non-hydrogen) atoms. The van der Waals surface area contributed by atoms with Gasteiger partial charge in [0, 0.05) is 52.0 Å². The maximum atomic E-state index is 12.9. The number of carbonyl (C=O) groups is 1. The van der Waals surface area contributed by atoms with Gasteiger partial charge in [0.2, 0.25) is 10.0 Å². The zero-order valence-corrected chi connectivity index (χ0v) is 16.1. The summed E-state index contributed by atoms with van der Waals surface area (Å²) in [5.74, 6) is -0.331. The van der Waals surface area contributed by atoms with Crippen LogP contribution in [0.1, 0.15) is 16.8 Å². The van der Waals surface area contributed by atoms with Crippen LogP contribution in [0.5, 0.6) is 0 Å². The summed E-state index contributed by atoms with van der Waals surface area (Å²) in [6.07, 6.45) is 0.683. The summed E-state index contributed by atoms with van der Waals surface area (Å²) < 4.78 is 32.1. The van der Waals surface area contributed by atoms with Crippen LogP contribution in [0.25, 0.3) is 0 Å². The van der Waals surface area contributed by atoms with Gasteiger partial charge in [0.1, 0.15) is 4.90 Å². The molecule has 0 aliphatic carbocycles. The van der Waals surface area contributed by atoms with Crippen LogP contribution in [-0.2, 0) is 14.8 Å². The Balaban J connectivity index is 2.16. The van der Waals surface area contributed by atoms with Crippen LogP contribution < -0.4 is 5.32 Å². The molecule has 0 aromatic heterocycles. The molecule has 1 saturated heterocycles. The van der Waals surface area contributed by atoms with Gasteiger partial charge in [-0.05, 0) is 31.7 Å². The number of methoxy groups -OCH3 is 1. The number of ether oxygens (including phenoxy) is 1. The largest absolute Gasteiger partial charge is 0.385 e. The van der Waals surface area contributed by atoms with Crippen LogP contribution in [0.4, 0.5) is 0 Å². The van der Waals surface area contributed by atoms with E-state index in [2.05, 4.69) is 10.2 Å². The molecular weight excluding hydrogens is 366 g/mol. The number of carbonyl (C=O) groups excluding carboxylic acids is 1. The lowest BCUT2D eigenvalue weighted by Gasteiger charge is -2.31. The van der Waals surface area contributed by atoms with Crippen molar-refractivity contribution in [3.63, 3.8) is 0 Å². The molecule has 1 N–H and O–H groups in total. The maximum absolute atomic E-state index is 12.9. The Bertz CT molecular complexity index is 703. The molecule has 0 atom stereocenters. The smallest absolute Gasteiger partial charge is 0.251 e. The quantitative estimate of drug-likeness (QED) is 0.705. The molecule has 1 amide bonds. The summed E-state index contributed by atoms with van der Waals surface area (Å²) in [5.41, 5.74) is 0.273. The summed E-state index contributed by atoms with van der Waals surface area (Å²) in [5, 5.41) is 2.86. The zero-order chi connectivity index (χ0) is 18.4. The third-order valence-electron chi connectivity index (χ3n) is 4.08. The molecule has 7 nitrogen and oxygen atoms in total. The molecule has 1 aromatic carbocycles. The standard InChI is InChI=1S/C16H24ClN3O4S/c1-19-7-9-20(10-8-19)25(22,23)15-12-13(4-5-14(15)17)16(21)18-6-3-11-24-2/h4-5,12H,3,6-11H2,1-2H3,(H,18,21). The molecule has 0 spiro atoms. The molecule has 0 radical (unpaired) electrons. The van der Waals surface area contributed by atoms with E-state index in [1.54, 1.807) is 7.11 Å².